The van der Waals surface area contributed by atoms with Gasteiger partial charge in [0.1, 0.15) is 0 Å². The highest BCUT2D eigenvalue weighted by molar-refractivity contribution is 5.27. The van der Waals surface area contributed by atoms with Gasteiger partial charge in [-0.15, -0.1) is 0 Å². The van der Waals surface area contributed by atoms with Crippen molar-refractivity contribution in [2.24, 2.45) is 0 Å². The van der Waals surface area contributed by atoms with Crippen molar-refractivity contribution in [2.75, 3.05) is 6.54 Å². The van der Waals surface area contributed by atoms with Crippen LogP contribution in [0.25, 0.3) is 0 Å². The predicted octanol–water partition coefficient (Wildman–Crippen LogP) is 5.05. The second kappa shape index (κ2) is 8.23. The van der Waals surface area contributed by atoms with Crippen molar-refractivity contribution in [1.29, 1.82) is 0 Å². The minimum atomic E-state index is -4.41. The molecule has 1 atom stereocenters. The highest BCUT2D eigenvalue weighted by Gasteiger charge is 2.31. The molecule has 0 radical (unpaired) electrons. The van der Waals surface area contributed by atoms with E-state index < -0.39 is 17.8 Å². The summed E-state index contributed by atoms with van der Waals surface area (Å²) in [6, 6.07) is 13.2. The smallest absolute Gasteiger partial charge is 0.387 e. The lowest BCUT2D eigenvalue weighted by molar-refractivity contribution is -0.137. The van der Waals surface area contributed by atoms with Gasteiger partial charge in [0.05, 0.1) is 11.7 Å². The molecule has 142 valence electrons. The molecule has 0 saturated heterocycles. The van der Waals surface area contributed by atoms with Gasteiger partial charge in [0.25, 0.3) is 0 Å². The Morgan fingerprint density at radius 1 is 1.04 bits per heavy atom. The first-order valence-corrected chi connectivity index (χ1v) is 8.73. The molecule has 2 aromatic rings. The SMILES string of the molecule is Cc1ccc(CCC(C)(C)NCC(O)c2cccc(C(F)(F)F)c2)cc1. The maximum atomic E-state index is 12.8. The molecule has 0 bridgehead atoms. The third kappa shape index (κ3) is 6.15. The molecular formula is C21H26F3NO. The highest BCUT2D eigenvalue weighted by atomic mass is 19.4. The Bertz CT molecular complexity index is 708. The van der Waals surface area contributed by atoms with E-state index in [-0.39, 0.29) is 17.6 Å². The zero-order valence-corrected chi connectivity index (χ0v) is 15.4. The third-order valence-corrected chi connectivity index (χ3v) is 4.53. The van der Waals surface area contributed by atoms with Gasteiger partial charge in [0.15, 0.2) is 0 Å². The second-order valence-electron chi connectivity index (χ2n) is 7.39. The number of aryl methyl sites for hydroxylation is 2. The number of halogens is 3. The van der Waals surface area contributed by atoms with E-state index in [0.717, 1.165) is 25.0 Å². The van der Waals surface area contributed by atoms with E-state index in [1.165, 1.54) is 23.3 Å². The summed E-state index contributed by atoms with van der Waals surface area (Å²) in [6.45, 7) is 6.30. The molecule has 0 spiro atoms. The van der Waals surface area contributed by atoms with Crippen molar-refractivity contribution in [1.82, 2.24) is 5.32 Å². The van der Waals surface area contributed by atoms with Gasteiger partial charge in [-0.2, -0.15) is 13.2 Å². The van der Waals surface area contributed by atoms with Crippen LogP contribution in [0.3, 0.4) is 0 Å². The lowest BCUT2D eigenvalue weighted by atomic mass is 9.94. The Hall–Kier alpha value is -1.85. The van der Waals surface area contributed by atoms with Crippen molar-refractivity contribution in [3.8, 4) is 0 Å². The number of nitrogens with one attached hydrogen (secondary N) is 1. The first kappa shape index (κ1) is 20.5. The lowest BCUT2D eigenvalue weighted by Gasteiger charge is -2.28. The molecule has 0 saturated carbocycles. The average Bonchev–Trinajstić information content (AvgIpc) is 2.59. The summed E-state index contributed by atoms with van der Waals surface area (Å²) in [7, 11) is 0. The molecule has 0 aromatic heterocycles. The monoisotopic (exact) mass is 365 g/mol. The van der Waals surface area contributed by atoms with Gasteiger partial charge in [-0.1, -0.05) is 42.0 Å². The van der Waals surface area contributed by atoms with E-state index in [2.05, 4.69) is 29.6 Å². The molecule has 2 aromatic carbocycles. The molecular weight excluding hydrogens is 339 g/mol. The summed E-state index contributed by atoms with van der Waals surface area (Å²) in [4.78, 5) is 0. The fourth-order valence-corrected chi connectivity index (χ4v) is 2.71. The van der Waals surface area contributed by atoms with Crippen LogP contribution in [-0.2, 0) is 12.6 Å². The van der Waals surface area contributed by atoms with Gasteiger partial charge in [-0.25, -0.2) is 0 Å². The zero-order valence-electron chi connectivity index (χ0n) is 15.4. The van der Waals surface area contributed by atoms with E-state index >= 15 is 0 Å². The molecule has 2 N–H and O–H groups in total. The van der Waals surface area contributed by atoms with Crippen molar-refractivity contribution in [3.05, 3.63) is 70.8 Å². The minimum Gasteiger partial charge on any atom is -0.387 e. The normalized spacial score (nSPS) is 13.7. The van der Waals surface area contributed by atoms with Crippen LogP contribution in [-0.4, -0.2) is 17.2 Å². The fourth-order valence-electron chi connectivity index (χ4n) is 2.71. The fraction of sp³-hybridized carbons (Fsp3) is 0.429. The van der Waals surface area contributed by atoms with Gasteiger partial charge in [0, 0.05) is 12.1 Å². The van der Waals surface area contributed by atoms with Crippen molar-refractivity contribution >= 4 is 0 Å². The number of rotatable bonds is 7. The van der Waals surface area contributed by atoms with E-state index in [4.69, 9.17) is 0 Å². The van der Waals surface area contributed by atoms with E-state index in [0.29, 0.717) is 0 Å². The maximum Gasteiger partial charge on any atom is 0.416 e. The number of alkyl halides is 3. The van der Waals surface area contributed by atoms with Gasteiger partial charge < -0.3 is 10.4 Å². The first-order chi connectivity index (χ1) is 12.1. The van der Waals surface area contributed by atoms with Crippen LogP contribution in [0, 0.1) is 6.92 Å². The summed E-state index contributed by atoms with van der Waals surface area (Å²) >= 11 is 0. The van der Waals surface area contributed by atoms with E-state index in [1.54, 1.807) is 0 Å². The molecule has 0 heterocycles. The van der Waals surface area contributed by atoms with Crippen molar-refractivity contribution in [2.45, 2.75) is 51.4 Å². The number of benzene rings is 2. The van der Waals surface area contributed by atoms with Gasteiger partial charge >= 0.3 is 6.18 Å². The Morgan fingerprint density at radius 2 is 1.69 bits per heavy atom. The molecule has 0 aliphatic heterocycles. The predicted molar refractivity (Wildman–Crippen MR) is 98.0 cm³/mol. The van der Waals surface area contributed by atoms with Gasteiger partial charge in [-0.05, 0) is 56.9 Å². The summed E-state index contributed by atoms with van der Waals surface area (Å²) in [6.07, 6.45) is -3.65. The summed E-state index contributed by atoms with van der Waals surface area (Å²) in [5.74, 6) is 0. The molecule has 0 aliphatic carbocycles. The van der Waals surface area contributed by atoms with E-state index in [9.17, 15) is 18.3 Å². The largest absolute Gasteiger partial charge is 0.416 e. The highest BCUT2D eigenvalue weighted by Crippen LogP contribution is 2.30. The molecule has 26 heavy (non-hydrogen) atoms. The summed E-state index contributed by atoms with van der Waals surface area (Å²) < 4.78 is 38.4. The van der Waals surface area contributed by atoms with Crippen LogP contribution < -0.4 is 5.32 Å². The van der Waals surface area contributed by atoms with Crippen molar-refractivity contribution < 1.29 is 18.3 Å². The molecule has 0 aliphatic rings. The number of aliphatic hydroxyl groups is 1. The number of hydrogen-bond acceptors (Lipinski definition) is 2. The molecule has 0 amide bonds. The quantitative estimate of drug-likeness (QED) is 0.720. The average molecular weight is 365 g/mol. The van der Waals surface area contributed by atoms with Crippen LogP contribution in [0.15, 0.2) is 48.5 Å². The lowest BCUT2D eigenvalue weighted by Crippen LogP contribution is -2.42. The Balaban J connectivity index is 1.90. The molecule has 2 nitrogen and oxygen atoms in total. The summed E-state index contributed by atoms with van der Waals surface area (Å²) in [5, 5.41) is 13.5. The molecule has 2 rings (SSSR count). The molecule has 1 unspecified atom stereocenters. The molecule has 5 heteroatoms. The van der Waals surface area contributed by atoms with Crippen molar-refractivity contribution in [3.63, 3.8) is 0 Å². The van der Waals surface area contributed by atoms with Crippen LogP contribution >= 0.6 is 0 Å². The molecule has 0 fully saturated rings. The second-order valence-corrected chi connectivity index (χ2v) is 7.39. The van der Waals surface area contributed by atoms with Crippen LogP contribution in [0.2, 0.25) is 0 Å². The topological polar surface area (TPSA) is 32.3 Å². The Kier molecular flexibility index (Phi) is 6.48. The minimum absolute atomic E-state index is 0.197. The van der Waals surface area contributed by atoms with E-state index in [1.807, 2.05) is 20.8 Å². The Morgan fingerprint density at radius 3 is 2.31 bits per heavy atom. The standard InChI is InChI=1S/C21H26F3NO/c1-15-7-9-16(10-8-15)11-12-20(2,3)25-14-19(26)17-5-4-6-18(13-17)21(22,23)24/h4-10,13,19,25-26H,11-12,14H2,1-3H3. The zero-order chi connectivity index (χ0) is 19.4. The van der Waals surface area contributed by atoms with Crippen LogP contribution in [0.1, 0.15) is 48.6 Å². The summed E-state index contributed by atoms with van der Waals surface area (Å²) in [5.41, 5.74) is 1.74. The third-order valence-electron chi connectivity index (χ3n) is 4.53. The first-order valence-electron chi connectivity index (χ1n) is 8.73. The Labute approximate surface area is 153 Å². The van der Waals surface area contributed by atoms with Gasteiger partial charge in [0.2, 0.25) is 0 Å². The maximum absolute atomic E-state index is 12.8. The van der Waals surface area contributed by atoms with Crippen LogP contribution in [0.4, 0.5) is 13.2 Å². The number of β-amino-alcohol motifs (C(OH)–C–C–N with tert-alkyl or cyclic N) is 1. The number of aliphatic hydroxyl groups excluding tert-OH is 1. The van der Waals surface area contributed by atoms with Crippen LogP contribution in [0.5, 0.6) is 0 Å². The van der Waals surface area contributed by atoms with Gasteiger partial charge in [-0.3, -0.25) is 0 Å². The number of hydrogen-bond donors (Lipinski definition) is 2.